The highest BCUT2D eigenvalue weighted by atomic mass is 19.1. The van der Waals surface area contributed by atoms with Crippen LogP contribution >= 0.6 is 0 Å². The van der Waals surface area contributed by atoms with Crippen molar-refractivity contribution in [1.29, 1.82) is 0 Å². The molecule has 238 valence electrons. The van der Waals surface area contributed by atoms with E-state index in [4.69, 9.17) is 0 Å². The molecule has 2 aromatic rings. The first-order chi connectivity index (χ1) is 20.8. The van der Waals surface area contributed by atoms with Gasteiger partial charge < -0.3 is 25.3 Å². The van der Waals surface area contributed by atoms with Gasteiger partial charge in [-0.1, -0.05) is 12.1 Å². The van der Waals surface area contributed by atoms with Gasteiger partial charge in [0.15, 0.2) is 5.69 Å². The van der Waals surface area contributed by atoms with Crippen LogP contribution in [0.5, 0.6) is 5.75 Å². The van der Waals surface area contributed by atoms with Crippen LogP contribution in [0.3, 0.4) is 0 Å². The van der Waals surface area contributed by atoms with Gasteiger partial charge in [-0.15, -0.1) is 0 Å². The van der Waals surface area contributed by atoms with Crippen LogP contribution in [0.4, 0.5) is 4.39 Å². The fourth-order valence-electron chi connectivity index (χ4n) is 7.16. The van der Waals surface area contributed by atoms with E-state index in [1.807, 2.05) is 0 Å². The second kappa shape index (κ2) is 11.9. The van der Waals surface area contributed by atoms with Gasteiger partial charge in [0.2, 0.25) is 5.75 Å². The number of aromatic nitrogens is 2. The Balaban J connectivity index is 1.56. The van der Waals surface area contributed by atoms with Crippen molar-refractivity contribution in [2.24, 2.45) is 5.41 Å². The maximum atomic E-state index is 13.9. The minimum atomic E-state index is -1.18. The molecule has 1 aromatic carbocycles. The number of aliphatic hydroxyl groups is 1. The van der Waals surface area contributed by atoms with Crippen LogP contribution < -0.4 is 10.9 Å². The molecule has 2 fully saturated rings. The molecule has 1 aliphatic carbocycles. The van der Waals surface area contributed by atoms with Crippen molar-refractivity contribution >= 4 is 17.7 Å². The number of aromatic hydroxyl groups is 1. The predicted octanol–water partition coefficient (Wildman–Crippen LogP) is 1.10. The van der Waals surface area contributed by atoms with Gasteiger partial charge in [-0.05, 0) is 69.2 Å². The molecule has 1 saturated heterocycles. The van der Waals surface area contributed by atoms with Crippen LogP contribution in [0.15, 0.2) is 23.0 Å². The highest BCUT2D eigenvalue weighted by Crippen LogP contribution is 2.52. The lowest BCUT2D eigenvalue weighted by atomic mass is 9.67. The van der Waals surface area contributed by atoms with Crippen LogP contribution in [0.1, 0.15) is 66.0 Å². The average molecular weight is 613 g/mol. The molecule has 6 rings (SSSR count). The largest absolute Gasteiger partial charge is 0.501 e. The summed E-state index contributed by atoms with van der Waals surface area (Å²) in [6, 6.07) is 4.44. The number of likely N-dealkylation sites (tertiary alicyclic amines) is 1. The Bertz CT molecular complexity index is 1530. The number of amides is 3. The van der Waals surface area contributed by atoms with Gasteiger partial charge in [-0.2, -0.15) is 0 Å². The van der Waals surface area contributed by atoms with Gasteiger partial charge in [0, 0.05) is 52.2 Å². The van der Waals surface area contributed by atoms with Crippen molar-refractivity contribution in [3.8, 4) is 5.75 Å². The fourth-order valence-corrected chi connectivity index (χ4v) is 7.16. The van der Waals surface area contributed by atoms with E-state index < -0.39 is 45.7 Å². The van der Waals surface area contributed by atoms with E-state index in [1.54, 1.807) is 13.0 Å². The molecular formula is C31H41FN6O6. The van der Waals surface area contributed by atoms with Gasteiger partial charge in [0.05, 0.1) is 6.61 Å². The predicted molar refractivity (Wildman–Crippen MR) is 158 cm³/mol. The van der Waals surface area contributed by atoms with Crippen LogP contribution in [0.25, 0.3) is 0 Å². The molecule has 44 heavy (non-hydrogen) atoms. The maximum absolute atomic E-state index is 13.9. The van der Waals surface area contributed by atoms with Crippen LogP contribution in [0, 0.1) is 18.2 Å². The lowest BCUT2D eigenvalue weighted by molar-refractivity contribution is -0.155. The van der Waals surface area contributed by atoms with E-state index in [0.717, 1.165) is 19.4 Å². The van der Waals surface area contributed by atoms with E-state index in [-0.39, 0.29) is 37.4 Å². The molecule has 12 nitrogen and oxygen atoms in total. The molecule has 2 bridgehead atoms. The Hall–Kier alpha value is -3.84. The molecule has 1 atom stereocenters. The topological polar surface area (TPSA) is 148 Å². The number of benzene rings is 1. The molecule has 0 radical (unpaired) electrons. The molecule has 3 N–H and O–H groups in total. The molecule has 4 aliphatic rings. The lowest BCUT2D eigenvalue weighted by Gasteiger charge is -2.47. The number of aliphatic hydroxyl groups excluding tert-OH is 1. The molecule has 1 saturated carbocycles. The number of fused-ring (bicyclic) bond motifs is 2. The molecule has 3 amide bonds. The molecular weight excluding hydrogens is 571 g/mol. The number of rotatable bonds is 7. The number of nitrogens with zero attached hydrogens (tertiary/aromatic N) is 5. The van der Waals surface area contributed by atoms with E-state index >= 15 is 0 Å². The summed E-state index contributed by atoms with van der Waals surface area (Å²) >= 11 is 0. The SMILES string of the molecule is Cc1cc(CNC(=O)c2nc3n(c(=O)c2O)CC2(CN4CCC[C@H]4CO)CCC3(N(C)C(=O)C(=O)N(C)C)CC2)ccc1F. The second-order valence-electron chi connectivity index (χ2n) is 12.8. The normalized spacial score (nSPS) is 24.5. The van der Waals surface area contributed by atoms with Crippen molar-refractivity contribution in [3.63, 3.8) is 0 Å². The van der Waals surface area contributed by atoms with Crippen molar-refractivity contribution in [2.45, 2.75) is 70.1 Å². The Morgan fingerprint density at radius 3 is 2.48 bits per heavy atom. The van der Waals surface area contributed by atoms with E-state index in [9.17, 15) is 33.8 Å². The minimum absolute atomic E-state index is 0.00529. The van der Waals surface area contributed by atoms with Crippen molar-refractivity contribution in [2.75, 3.05) is 40.8 Å². The average Bonchev–Trinajstić information content (AvgIpc) is 3.34. The Morgan fingerprint density at radius 2 is 1.84 bits per heavy atom. The van der Waals surface area contributed by atoms with Crippen molar-refractivity contribution < 1.29 is 29.0 Å². The quantitative estimate of drug-likeness (QED) is 0.394. The number of carbonyl (C=O) groups excluding carboxylic acids is 3. The molecule has 1 aromatic heterocycles. The summed E-state index contributed by atoms with van der Waals surface area (Å²) in [6.45, 7) is 3.30. The number of hydrogen-bond acceptors (Lipinski definition) is 8. The fraction of sp³-hybridized carbons (Fsp3) is 0.581. The van der Waals surface area contributed by atoms with Gasteiger partial charge in [-0.3, -0.25) is 28.6 Å². The third kappa shape index (κ3) is 5.47. The van der Waals surface area contributed by atoms with Crippen molar-refractivity contribution in [3.05, 3.63) is 57.0 Å². The van der Waals surface area contributed by atoms with E-state index in [2.05, 4.69) is 15.2 Å². The summed E-state index contributed by atoms with van der Waals surface area (Å²) in [5, 5.41) is 23.6. The summed E-state index contributed by atoms with van der Waals surface area (Å²) in [7, 11) is 4.49. The summed E-state index contributed by atoms with van der Waals surface area (Å²) in [4.78, 5) is 62.8. The summed E-state index contributed by atoms with van der Waals surface area (Å²) in [5.41, 5.74) is -1.83. The zero-order chi connectivity index (χ0) is 32.0. The Morgan fingerprint density at radius 1 is 1.14 bits per heavy atom. The monoisotopic (exact) mass is 612 g/mol. The maximum Gasteiger partial charge on any atom is 0.312 e. The van der Waals surface area contributed by atoms with Crippen LogP contribution in [-0.4, -0.2) is 99.1 Å². The van der Waals surface area contributed by atoms with Gasteiger partial charge in [0.25, 0.3) is 11.5 Å². The third-order valence-corrected chi connectivity index (χ3v) is 9.87. The first-order valence-corrected chi connectivity index (χ1v) is 15.0. The molecule has 0 unspecified atom stereocenters. The Labute approximate surface area is 255 Å². The van der Waals surface area contributed by atoms with Gasteiger partial charge >= 0.3 is 11.8 Å². The van der Waals surface area contributed by atoms with Crippen molar-refractivity contribution in [1.82, 2.24) is 29.6 Å². The number of aryl methyl sites for hydroxylation is 1. The number of halogens is 1. The summed E-state index contributed by atoms with van der Waals surface area (Å²) in [6.07, 6.45) is 3.83. The summed E-state index contributed by atoms with van der Waals surface area (Å²) in [5.74, 6) is -3.32. The Kier molecular flexibility index (Phi) is 8.56. The smallest absolute Gasteiger partial charge is 0.312 e. The highest BCUT2D eigenvalue weighted by Gasteiger charge is 2.55. The first kappa shape index (κ1) is 31.6. The van der Waals surface area contributed by atoms with Crippen LogP contribution in [-0.2, 0) is 28.2 Å². The molecule has 13 heteroatoms. The van der Waals surface area contributed by atoms with Crippen LogP contribution in [0.2, 0.25) is 0 Å². The zero-order valence-electron chi connectivity index (χ0n) is 25.7. The van der Waals surface area contributed by atoms with E-state index in [0.29, 0.717) is 43.4 Å². The second-order valence-corrected chi connectivity index (χ2v) is 12.8. The third-order valence-electron chi connectivity index (χ3n) is 9.87. The number of nitrogens with one attached hydrogen (secondary N) is 1. The number of likely N-dealkylation sites (N-methyl/N-ethyl adjacent to an activating group) is 2. The summed E-state index contributed by atoms with van der Waals surface area (Å²) < 4.78 is 15.1. The number of carbonyl (C=O) groups is 3. The van der Waals surface area contributed by atoms with Gasteiger partial charge in [0.1, 0.15) is 17.2 Å². The number of hydrogen-bond donors (Lipinski definition) is 3. The minimum Gasteiger partial charge on any atom is -0.501 e. The zero-order valence-corrected chi connectivity index (χ0v) is 25.7. The highest BCUT2D eigenvalue weighted by molar-refractivity contribution is 6.34. The molecule has 3 aliphatic heterocycles. The van der Waals surface area contributed by atoms with E-state index in [1.165, 1.54) is 47.6 Å². The lowest BCUT2D eigenvalue weighted by Crippen LogP contribution is -2.55. The molecule has 4 heterocycles. The molecule has 0 spiro atoms. The first-order valence-electron chi connectivity index (χ1n) is 15.0. The van der Waals surface area contributed by atoms with Gasteiger partial charge in [-0.25, -0.2) is 9.37 Å². The standard InChI is InChI=1S/C31H41FN6O6/c1-19-14-20(7-8-22(19)32)15-33-25(41)23-24(40)26(42)38-18-30(17-37-13-5-6-21(37)16-39)9-11-31(12-10-30,29(38)34-23)36(4)28(44)27(43)35(2)3/h7-8,14,21,39-40H,5-6,9-13,15-18H2,1-4H3,(H,33,41)/t21-,30?,31?/m0/s1.